The van der Waals surface area contributed by atoms with E-state index in [0.29, 0.717) is 25.7 Å². The van der Waals surface area contributed by atoms with E-state index < -0.39 is 23.1 Å². The minimum atomic E-state index is -0.972. The standard InChI is InChI=1S/C23H27F2N5O2/c1-14-12-27-23(28-13-14)30-8-6-17(7-9-30)32-29-16-4-2-15(3-5-16)18-10-21(25)19(22(26)31)11-20(18)24/h10-13,15,17H,2-9H2,1H3,(H2,26,31). The van der Waals surface area contributed by atoms with E-state index in [1.807, 2.05) is 19.3 Å². The number of anilines is 1. The molecule has 2 fully saturated rings. The predicted octanol–water partition coefficient (Wildman–Crippen LogP) is 3.86. The Morgan fingerprint density at radius 3 is 2.38 bits per heavy atom. The SMILES string of the molecule is Cc1cnc(N2CCC(ON=C3CCC(c4cc(F)c(C(N)=O)cc4F)CC3)CC2)nc1. The fourth-order valence-corrected chi connectivity index (χ4v) is 4.28. The van der Waals surface area contributed by atoms with Gasteiger partial charge in [-0.1, -0.05) is 5.16 Å². The molecule has 2 N–H and O–H groups in total. The Morgan fingerprint density at radius 2 is 1.75 bits per heavy atom. The lowest BCUT2D eigenvalue weighted by molar-refractivity contribution is 0.0406. The first kappa shape index (κ1) is 22.1. The molecule has 7 nitrogen and oxygen atoms in total. The lowest BCUT2D eigenvalue weighted by Gasteiger charge is -2.31. The highest BCUT2D eigenvalue weighted by molar-refractivity contribution is 5.93. The Balaban J connectivity index is 1.27. The van der Waals surface area contributed by atoms with Crippen LogP contribution < -0.4 is 10.6 Å². The van der Waals surface area contributed by atoms with Crippen molar-refractivity contribution in [1.82, 2.24) is 9.97 Å². The Morgan fingerprint density at radius 1 is 1.09 bits per heavy atom. The molecule has 0 radical (unpaired) electrons. The smallest absolute Gasteiger partial charge is 0.251 e. The van der Waals surface area contributed by atoms with Crippen molar-refractivity contribution in [2.75, 3.05) is 18.0 Å². The average molecular weight is 443 g/mol. The van der Waals surface area contributed by atoms with Gasteiger partial charge < -0.3 is 15.5 Å². The second kappa shape index (κ2) is 9.58. The summed E-state index contributed by atoms with van der Waals surface area (Å²) in [4.78, 5) is 27.9. The van der Waals surface area contributed by atoms with Crippen molar-refractivity contribution in [2.24, 2.45) is 10.9 Å². The van der Waals surface area contributed by atoms with Crippen molar-refractivity contribution >= 4 is 17.6 Å². The van der Waals surface area contributed by atoms with Crippen molar-refractivity contribution < 1.29 is 18.4 Å². The number of piperidine rings is 1. The number of primary amides is 1. The van der Waals surface area contributed by atoms with E-state index in [9.17, 15) is 13.6 Å². The molecule has 1 aliphatic carbocycles. The van der Waals surface area contributed by atoms with Crippen LogP contribution in [0.25, 0.3) is 0 Å². The highest BCUT2D eigenvalue weighted by Crippen LogP contribution is 2.34. The fourth-order valence-electron chi connectivity index (χ4n) is 4.28. The van der Waals surface area contributed by atoms with Gasteiger partial charge in [-0.3, -0.25) is 4.79 Å². The number of hydrogen-bond donors (Lipinski definition) is 1. The monoisotopic (exact) mass is 443 g/mol. The maximum atomic E-state index is 14.4. The van der Waals surface area contributed by atoms with Crippen LogP contribution in [0.3, 0.4) is 0 Å². The molecule has 0 bridgehead atoms. The summed E-state index contributed by atoms with van der Waals surface area (Å²) in [5.41, 5.74) is 6.93. The van der Waals surface area contributed by atoms with Crippen LogP contribution >= 0.6 is 0 Å². The summed E-state index contributed by atoms with van der Waals surface area (Å²) < 4.78 is 28.5. The van der Waals surface area contributed by atoms with Crippen molar-refractivity contribution in [3.63, 3.8) is 0 Å². The molecular formula is C23H27F2N5O2. The second-order valence-electron chi connectivity index (χ2n) is 8.50. The number of aryl methyl sites for hydroxylation is 1. The van der Waals surface area contributed by atoms with Gasteiger partial charge in [-0.15, -0.1) is 0 Å². The summed E-state index contributed by atoms with van der Waals surface area (Å²) in [5, 5.41) is 4.36. The highest BCUT2D eigenvalue weighted by Gasteiger charge is 2.26. The minimum Gasteiger partial charge on any atom is -0.392 e. The third-order valence-electron chi connectivity index (χ3n) is 6.18. The van der Waals surface area contributed by atoms with E-state index >= 15 is 0 Å². The molecular weight excluding hydrogens is 416 g/mol. The summed E-state index contributed by atoms with van der Waals surface area (Å²) in [6.07, 6.45) is 8.00. The molecule has 1 saturated carbocycles. The topological polar surface area (TPSA) is 93.7 Å². The number of amides is 1. The molecule has 4 rings (SSSR count). The normalized spacial score (nSPS) is 19.7. The second-order valence-corrected chi connectivity index (χ2v) is 8.50. The van der Waals surface area contributed by atoms with E-state index in [-0.39, 0.29) is 17.6 Å². The Labute approximate surface area is 185 Å². The van der Waals surface area contributed by atoms with E-state index in [1.54, 1.807) is 0 Å². The van der Waals surface area contributed by atoms with Gasteiger partial charge in [0.25, 0.3) is 5.91 Å². The van der Waals surface area contributed by atoms with Crippen LogP contribution in [0.5, 0.6) is 0 Å². The minimum absolute atomic E-state index is 0.0507. The van der Waals surface area contributed by atoms with Gasteiger partial charge in [0.1, 0.15) is 17.7 Å². The van der Waals surface area contributed by atoms with Crippen LogP contribution in [-0.2, 0) is 4.84 Å². The van der Waals surface area contributed by atoms with Crippen LogP contribution in [-0.4, -0.2) is 40.8 Å². The molecule has 0 unspecified atom stereocenters. The number of carbonyl (C=O) groups is 1. The van der Waals surface area contributed by atoms with Crippen molar-refractivity contribution in [3.8, 4) is 0 Å². The molecule has 2 aliphatic rings. The van der Waals surface area contributed by atoms with E-state index in [0.717, 1.165) is 55.3 Å². The molecule has 0 spiro atoms. The van der Waals surface area contributed by atoms with Gasteiger partial charge in [0, 0.05) is 38.3 Å². The van der Waals surface area contributed by atoms with Crippen molar-refractivity contribution in [2.45, 2.75) is 57.5 Å². The Bertz CT molecular complexity index is 994. The number of nitrogens with two attached hydrogens (primary N) is 1. The quantitative estimate of drug-likeness (QED) is 0.709. The number of benzene rings is 1. The first-order valence-electron chi connectivity index (χ1n) is 10.9. The summed E-state index contributed by atoms with van der Waals surface area (Å²) in [6, 6.07) is 2.00. The van der Waals surface area contributed by atoms with Crippen molar-refractivity contribution in [3.05, 3.63) is 52.9 Å². The van der Waals surface area contributed by atoms with E-state index in [1.165, 1.54) is 0 Å². The third kappa shape index (κ3) is 5.03. The van der Waals surface area contributed by atoms with Crippen LogP contribution in [0, 0.1) is 18.6 Å². The predicted molar refractivity (Wildman–Crippen MR) is 117 cm³/mol. The number of nitrogens with zero attached hydrogens (tertiary/aromatic N) is 4. The lowest BCUT2D eigenvalue weighted by Crippen LogP contribution is -2.37. The van der Waals surface area contributed by atoms with Crippen LogP contribution in [0.15, 0.2) is 29.7 Å². The Kier molecular flexibility index (Phi) is 6.62. The fraction of sp³-hybridized carbons (Fsp3) is 0.478. The van der Waals surface area contributed by atoms with Gasteiger partial charge in [0.2, 0.25) is 5.95 Å². The summed E-state index contributed by atoms with van der Waals surface area (Å²) in [6.45, 7) is 3.59. The maximum absolute atomic E-state index is 14.4. The molecule has 1 aromatic heterocycles. The maximum Gasteiger partial charge on any atom is 0.251 e. The zero-order chi connectivity index (χ0) is 22.7. The lowest BCUT2D eigenvalue weighted by atomic mass is 9.82. The molecule has 2 heterocycles. The van der Waals surface area contributed by atoms with Gasteiger partial charge in [-0.05, 0) is 61.8 Å². The van der Waals surface area contributed by atoms with Crippen LogP contribution in [0.2, 0.25) is 0 Å². The van der Waals surface area contributed by atoms with Gasteiger partial charge >= 0.3 is 0 Å². The van der Waals surface area contributed by atoms with Crippen molar-refractivity contribution in [1.29, 1.82) is 0 Å². The first-order valence-corrected chi connectivity index (χ1v) is 10.9. The molecule has 1 amide bonds. The Hall–Kier alpha value is -3.10. The molecule has 9 heteroatoms. The van der Waals surface area contributed by atoms with E-state index in [4.69, 9.17) is 10.6 Å². The number of halogens is 2. The highest BCUT2D eigenvalue weighted by atomic mass is 19.1. The third-order valence-corrected chi connectivity index (χ3v) is 6.18. The largest absolute Gasteiger partial charge is 0.392 e. The summed E-state index contributed by atoms with van der Waals surface area (Å²) in [5.74, 6) is -1.72. The van der Waals surface area contributed by atoms with Gasteiger partial charge in [-0.25, -0.2) is 18.7 Å². The molecule has 1 aliphatic heterocycles. The summed E-state index contributed by atoms with van der Waals surface area (Å²) in [7, 11) is 0. The molecule has 0 atom stereocenters. The molecule has 1 aromatic carbocycles. The number of aromatic nitrogens is 2. The van der Waals surface area contributed by atoms with Crippen LogP contribution in [0.4, 0.5) is 14.7 Å². The zero-order valence-electron chi connectivity index (χ0n) is 18.1. The first-order chi connectivity index (χ1) is 15.4. The average Bonchev–Trinajstić information content (AvgIpc) is 2.80. The number of oxime groups is 1. The molecule has 170 valence electrons. The van der Waals surface area contributed by atoms with Crippen LogP contribution in [0.1, 0.15) is 65.9 Å². The number of hydrogen-bond acceptors (Lipinski definition) is 6. The zero-order valence-corrected chi connectivity index (χ0v) is 18.1. The molecule has 2 aromatic rings. The summed E-state index contributed by atoms with van der Waals surface area (Å²) >= 11 is 0. The van der Waals surface area contributed by atoms with E-state index in [2.05, 4.69) is 20.0 Å². The van der Waals surface area contributed by atoms with Gasteiger partial charge in [0.05, 0.1) is 11.3 Å². The molecule has 1 saturated heterocycles. The van der Waals surface area contributed by atoms with Gasteiger partial charge in [-0.2, -0.15) is 0 Å². The molecule has 32 heavy (non-hydrogen) atoms. The van der Waals surface area contributed by atoms with Gasteiger partial charge in [0.15, 0.2) is 0 Å². The number of carbonyl (C=O) groups excluding carboxylic acids is 1. The number of rotatable bonds is 5.